The van der Waals surface area contributed by atoms with E-state index in [1.807, 2.05) is 18.2 Å². The molecule has 0 unspecified atom stereocenters. The van der Waals surface area contributed by atoms with E-state index >= 15 is 0 Å². The zero-order valence-corrected chi connectivity index (χ0v) is 14.5. The van der Waals surface area contributed by atoms with Crippen molar-refractivity contribution in [1.29, 1.82) is 5.26 Å². The Balaban J connectivity index is 1.87. The maximum Gasteiger partial charge on any atom is 0.272 e. The van der Waals surface area contributed by atoms with Gasteiger partial charge in [-0.05, 0) is 23.8 Å². The molecule has 8 nitrogen and oxygen atoms in total. The molecule has 0 saturated carbocycles. The molecule has 27 heavy (non-hydrogen) atoms. The first kappa shape index (κ1) is 16.6. The van der Waals surface area contributed by atoms with E-state index in [1.165, 1.54) is 4.68 Å². The standard InChI is InChI=1S/C19H15N7O/c1-26-18(7-21)16(10-23-26)13-4-12(8-22-9-13)11-2-3-14-15(5-11)17(6-20)24-25-19(14)27/h2-5,8-10H,6,20H2,1H3,(H,25,27). The fourth-order valence-electron chi connectivity index (χ4n) is 3.08. The average molecular weight is 357 g/mol. The van der Waals surface area contributed by atoms with Gasteiger partial charge >= 0.3 is 0 Å². The Bertz CT molecular complexity index is 1260. The number of nitrogens with two attached hydrogens (primary N) is 1. The first-order chi connectivity index (χ1) is 13.1. The third-order valence-corrected chi connectivity index (χ3v) is 4.49. The van der Waals surface area contributed by atoms with Gasteiger partial charge in [-0.25, -0.2) is 5.10 Å². The fourth-order valence-corrected chi connectivity index (χ4v) is 3.08. The normalized spacial score (nSPS) is 10.9. The lowest BCUT2D eigenvalue weighted by molar-refractivity contribution is 0.756. The summed E-state index contributed by atoms with van der Waals surface area (Å²) in [6.45, 7) is 0.218. The average Bonchev–Trinajstić information content (AvgIpc) is 3.08. The number of hydrogen-bond acceptors (Lipinski definition) is 6. The highest BCUT2D eigenvalue weighted by molar-refractivity contribution is 5.88. The van der Waals surface area contributed by atoms with Gasteiger partial charge in [0.1, 0.15) is 11.8 Å². The molecular formula is C19H15N7O. The third kappa shape index (κ3) is 2.76. The van der Waals surface area contributed by atoms with Gasteiger partial charge < -0.3 is 5.73 Å². The van der Waals surface area contributed by atoms with Crippen molar-refractivity contribution in [2.75, 3.05) is 0 Å². The molecule has 0 aliphatic rings. The smallest absolute Gasteiger partial charge is 0.272 e. The zero-order valence-electron chi connectivity index (χ0n) is 14.5. The Hall–Kier alpha value is -3.83. The second kappa shape index (κ2) is 6.48. The number of nitrogens with one attached hydrogen (secondary N) is 1. The van der Waals surface area contributed by atoms with E-state index in [1.54, 1.807) is 31.7 Å². The summed E-state index contributed by atoms with van der Waals surface area (Å²) < 4.78 is 1.53. The number of H-pyrrole nitrogens is 1. The third-order valence-electron chi connectivity index (χ3n) is 4.49. The monoisotopic (exact) mass is 357 g/mol. The van der Waals surface area contributed by atoms with Crippen LogP contribution in [0.25, 0.3) is 33.0 Å². The highest BCUT2D eigenvalue weighted by Crippen LogP contribution is 2.29. The van der Waals surface area contributed by atoms with Crippen molar-refractivity contribution in [3.63, 3.8) is 0 Å². The van der Waals surface area contributed by atoms with Crippen molar-refractivity contribution >= 4 is 10.8 Å². The number of fused-ring (bicyclic) bond motifs is 1. The number of hydrogen-bond donors (Lipinski definition) is 2. The van der Waals surface area contributed by atoms with Crippen LogP contribution >= 0.6 is 0 Å². The van der Waals surface area contributed by atoms with Crippen molar-refractivity contribution in [3.05, 3.63) is 64.6 Å². The highest BCUT2D eigenvalue weighted by atomic mass is 16.1. The van der Waals surface area contributed by atoms with Crippen LogP contribution in [-0.4, -0.2) is 25.0 Å². The molecule has 0 fully saturated rings. The minimum absolute atomic E-state index is 0.218. The Morgan fingerprint density at radius 3 is 2.74 bits per heavy atom. The van der Waals surface area contributed by atoms with Crippen LogP contribution in [0.2, 0.25) is 0 Å². The van der Waals surface area contributed by atoms with Crippen LogP contribution in [0.4, 0.5) is 0 Å². The number of aromatic nitrogens is 5. The van der Waals surface area contributed by atoms with Gasteiger partial charge in [0.05, 0.1) is 17.3 Å². The van der Waals surface area contributed by atoms with Crippen LogP contribution in [-0.2, 0) is 13.6 Å². The predicted molar refractivity (Wildman–Crippen MR) is 100 cm³/mol. The van der Waals surface area contributed by atoms with Gasteiger partial charge in [-0.15, -0.1) is 0 Å². The minimum atomic E-state index is -0.255. The maximum absolute atomic E-state index is 12.0. The van der Waals surface area contributed by atoms with Gasteiger partial charge in [-0.3, -0.25) is 14.5 Å². The summed E-state index contributed by atoms with van der Waals surface area (Å²) in [7, 11) is 1.72. The quantitative estimate of drug-likeness (QED) is 0.575. The molecule has 8 heteroatoms. The van der Waals surface area contributed by atoms with Gasteiger partial charge in [-0.2, -0.15) is 15.5 Å². The molecule has 0 spiro atoms. The minimum Gasteiger partial charge on any atom is -0.325 e. The van der Waals surface area contributed by atoms with Gasteiger partial charge in [0.15, 0.2) is 0 Å². The molecule has 1 aromatic carbocycles. The van der Waals surface area contributed by atoms with Crippen molar-refractivity contribution in [2.24, 2.45) is 12.8 Å². The highest BCUT2D eigenvalue weighted by Gasteiger charge is 2.12. The van der Waals surface area contributed by atoms with Crippen LogP contribution in [0.15, 0.2) is 47.7 Å². The molecule has 0 saturated heterocycles. The molecule has 0 aliphatic heterocycles. The Labute approximate surface area is 153 Å². The lowest BCUT2D eigenvalue weighted by Gasteiger charge is -2.07. The summed E-state index contributed by atoms with van der Waals surface area (Å²) in [5.41, 5.74) is 9.82. The number of pyridine rings is 1. The summed E-state index contributed by atoms with van der Waals surface area (Å²) in [5.74, 6) is 0. The van der Waals surface area contributed by atoms with Gasteiger partial charge in [0, 0.05) is 48.1 Å². The van der Waals surface area contributed by atoms with E-state index in [-0.39, 0.29) is 12.1 Å². The molecule has 4 aromatic rings. The molecule has 3 heterocycles. The van der Waals surface area contributed by atoms with Crippen molar-refractivity contribution in [2.45, 2.75) is 6.54 Å². The predicted octanol–water partition coefficient (Wildman–Crippen LogP) is 1.72. The second-order valence-electron chi connectivity index (χ2n) is 6.07. The van der Waals surface area contributed by atoms with E-state index in [9.17, 15) is 10.1 Å². The van der Waals surface area contributed by atoms with Crippen molar-refractivity contribution < 1.29 is 0 Å². The summed E-state index contributed by atoms with van der Waals surface area (Å²) in [4.78, 5) is 16.3. The Kier molecular flexibility index (Phi) is 3.99. The molecule has 132 valence electrons. The number of nitrogens with zero attached hydrogens (tertiary/aromatic N) is 5. The SMILES string of the molecule is Cn1ncc(-c2cncc(-c3ccc4c(=O)[nH]nc(CN)c4c3)c2)c1C#N. The van der Waals surface area contributed by atoms with Gasteiger partial charge in [-0.1, -0.05) is 6.07 Å². The number of aromatic amines is 1. The topological polar surface area (TPSA) is 126 Å². The second-order valence-corrected chi connectivity index (χ2v) is 6.07. The fraction of sp³-hybridized carbons (Fsp3) is 0.105. The molecule has 3 aromatic heterocycles. The summed E-state index contributed by atoms with van der Waals surface area (Å²) in [6.07, 6.45) is 5.07. The van der Waals surface area contributed by atoms with E-state index < -0.39 is 0 Å². The number of benzene rings is 1. The molecule has 3 N–H and O–H groups in total. The number of aryl methyl sites for hydroxylation is 1. The molecule has 4 rings (SSSR count). The summed E-state index contributed by atoms with van der Waals surface area (Å²) in [5, 5.41) is 21.2. The van der Waals surface area contributed by atoms with Gasteiger partial charge in [0.25, 0.3) is 5.56 Å². The Morgan fingerprint density at radius 2 is 1.96 bits per heavy atom. The van der Waals surface area contributed by atoms with Crippen molar-refractivity contribution in [1.82, 2.24) is 25.0 Å². The zero-order chi connectivity index (χ0) is 19.0. The lowest BCUT2D eigenvalue weighted by Crippen LogP contribution is -2.13. The molecule has 0 atom stereocenters. The molecule has 0 radical (unpaired) electrons. The molecule has 0 amide bonds. The molecular weight excluding hydrogens is 342 g/mol. The summed E-state index contributed by atoms with van der Waals surface area (Å²) in [6, 6.07) is 9.59. The van der Waals surface area contributed by atoms with E-state index in [4.69, 9.17) is 5.73 Å². The van der Waals surface area contributed by atoms with E-state index in [0.717, 1.165) is 22.3 Å². The lowest BCUT2D eigenvalue weighted by atomic mass is 10.00. The molecule has 0 aliphatic carbocycles. The first-order valence-electron chi connectivity index (χ1n) is 8.21. The van der Waals surface area contributed by atoms with E-state index in [2.05, 4.69) is 26.3 Å². The van der Waals surface area contributed by atoms with Crippen LogP contribution in [0.3, 0.4) is 0 Å². The van der Waals surface area contributed by atoms with Crippen LogP contribution < -0.4 is 11.3 Å². The largest absolute Gasteiger partial charge is 0.325 e. The van der Waals surface area contributed by atoms with Crippen LogP contribution in [0.1, 0.15) is 11.4 Å². The van der Waals surface area contributed by atoms with Gasteiger partial charge in [0.2, 0.25) is 0 Å². The van der Waals surface area contributed by atoms with Crippen molar-refractivity contribution in [3.8, 4) is 28.3 Å². The number of nitriles is 1. The Morgan fingerprint density at radius 1 is 1.15 bits per heavy atom. The van der Waals surface area contributed by atoms with Crippen LogP contribution in [0.5, 0.6) is 0 Å². The maximum atomic E-state index is 12.0. The first-order valence-corrected chi connectivity index (χ1v) is 8.21. The molecule has 0 bridgehead atoms. The summed E-state index contributed by atoms with van der Waals surface area (Å²) >= 11 is 0. The van der Waals surface area contributed by atoms with Crippen LogP contribution in [0, 0.1) is 11.3 Å². The number of rotatable bonds is 3. The van der Waals surface area contributed by atoms with E-state index in [0.29, 0.717) is 22.2 Å².